The highest BCUT2D eigenvalue weighted by Gasteiger charge is 2.47. The molecule has 29 heteroatoms. The van der Waals surface area contributed by atoms with Crippen LogP contribution in [0.2, 0.25) is 0 Å². The number of fused-ring (bicyclic) bond motifs is 1. The van der Waals surface area contributed by atoms with E-state index < -0.39 is 84.6 Å². The maximum Gasteiger partial charge on any atom is 0.274 e. The fourth-order valence-electron chi connectivity index (χ4n) is 6.27. The van der Waals surface area contributed by atoms with Gasteiger partial charge in [0.05, 0.1) is 33.8 Å². The average Bonchev–Trinajstić information content (AvgIpc) is 3.79. The van der Waals surface area contributed by atoms with E-state index in [2.05, 4.69) is 56.5 Å². The lowest BCUT2D eigenvalue weighted by Gasteiger charge is -2.36. The van der Waals surface area contributed by atoms with Crippen molar-refractivity contribution in [2.45, 2.75) is 128 Å². The Morgan fingerprint density at radius 1 is 0.955 bits per heavy atom. The van der Waals surface area contributed by atoms with Crippen LogP contribution in [0.15, 0.2) is 24.8 Å². The molecule has 374 valence electrons. The van der Waals surface area contributed by atoms with E-state index in [1.54, 1.807) is 0 Å². The van der Waals surface area contributed by atoms with Gasteiger partial charge in [0.25, 0.3) is 15.6 Å². The first-order valence-electron chi connectivity index (χ1n) is 21.1. The number of nitrogen functional groups attached to an aromatic ring is 1. The summed E-state index contributed by atoms with van der Waals surface area (Å²) < 4.78 is 60.7. The number of amides is 2. The van der Waals surface area contributed by atoms with Crippen LogP contribution >= 0.6 is 35.2 Å². The minimum atomic E-state index is -5.93. The molecule has 1 aliphatic heterocycles. The molecule has 0 aromatic carbocycles. The number of anilines is 1. The van der Waals surface area contributed by atoms with Gasteiger partial charge in [-0.25, -0.2) is 19.3 Å². The molecule has 2 aromatic heterocycles. The maximum absolute atomic E-state index is 12.6. The van der Waals surface area contributed by atoms with E-state index >= 15 is 0 Å². The largest absolute Gasteiger partial charge is 0.790 e. The maximum atomic E-state index is 12.6. The van der Waals surface area contributed by atoms with Gasteiger partial charge >= 0.3 is 0 Å². The molecule has 7 atom stereocenters. The second-order valence-corrected chi connectivity index (χ2v) is 21.1. The predicted octanol–water partition coefficient (Wildman–Crippen LogP) is 0.573. The lowest BCUT2D eigenvalue weighted by atomic mass is 9.87. The van der Waals surface area contributed by atoms with Crippen molar-refractivity contribution < 1.29 is 85.3 Å². The van der Waals surface area contributed by atoms with E-state index in [0.717, 1.165) is 41.8 Å². The van der Waals surface area contributed by atoms with Crippen LogP contribution < -0.4 is 35.9 Å². The van der Waals surface area contributed by atoms with Crippen LogP contribution in [0.3, 0.4) is 0 Å². The molecule has 3 rings (SSSR count). The van der Waals surface area contributed by atoms with Crippen LogP contribution in [-0.4, -0.2) is 109 Å². The molecule has 2 unspecified atom stereocenters. The van der Waals surface area contributed by atoms with Crippen molar-refractivity contribution in [2.24, 2.45) is 5.41 Å². The highest BCUT2D eigenvalue weighted by molar-refractivity contribution is 8.13. The Hall–Kier alpha value is -3.03. The first-order chi connectivity index (χ1) is 30.9. The number of hydrogen-bond acceptors (Lipinski definition) is 23. The van der Waals surface area contributed by atoms with Gasteiger partial charge in [0.1, 0.15) is 42.0 Å². The molecule has 6 N–H and O–H groups in total. The number of carbonyl (C=O) groups is 4. The summed E-state index contributed by atoms with van der Waals surface area (Å²) in [7, 11) is -17.7. The molecular formula is C37H58N7O18P3S-4. The number of ether oxygens (including phenoxy) is 1. The van der Waals surface area contributed by atoms with Gasteiger partial charge in [-0.1, -0.05) is 83.2 Å². The van der Waals surface area contributed by atoms with Crippen molar-refractivity contribution in [2.75, 3.05) is 37.8 Å². The molecule has 1 aliphatic rings. The zero-order valence-electron chi connectivity index (χ0n) is 36.8. The van der Waals surface area contributed by atoms with Gasteiger partial charge < -0.3 is 69.0 Å². The highest BCUT2D eigenvalue weighted by Crippen LogP contribution is 2.56. The number of nitrogens with zero attached hydrogens (tertiary/aromatic N) is 4. The average molecular weight is 1010 g/mol. The number of allylic oxidation sites excluding steroid dienone is 2. The topological polar surface area (TPSA) is 392 Å². The van der Waals surface area contributed by atoms with Crippen molar-refractivity contribution in [1.82, 2.24) is 30.2 Å². The first kappa shape index (κ1) is 57.3. The second-order valence-electron chi connectivity index (χ2n) is 15.8. The number of rotatable bonds is 32. The Kier molecular flexibility index (Phi) is 23.6. The van der Waals surface area contributed by atoms with E-state index in [4.69, 9.17) is 10.5 Å². The van der Waals surface area contributed by atoms with Gasteiger partial charge in [0.2, 0.25) is 11.8 Å². The lowest BCUT2D eigenvalue weighted by Crippen LogP contribution is -2.46. The summed E-state index contributed by atoms with van der Waals surface area (Å²) in [6.45, 7) is 2.11. The van der Waals surface area contributed by atoms with Crippen LogP contribution in [0.1, 0.15) is 104 Å². The third-order valence-electron chi connectivity index (χ3n) is 9.81. The number of aliphatic hydroxyl groups excluding tert-OH is 2. The summed E-state index contributed by atoms with van der Waals surface area (Å²) in [5, 5.41) is 26.0. The van der Waals surface area contributed by atoms with Gasteiger partial charge in [0, 0.05) is 37.1 Å². The molecule has 0 radical (unpaired) electrons. The highest BCUT2D eigenvalue weighted by atomic mass is 32.2. The Labute approximate surface area is 385 Å². The normalized spacial score (nSPS) is 20.3. The third kappa shape index (κ3) is 20.3. The van der Waals surface area contributed by atoms with Crippen molar-refractivity contribution in [3.8, 4) is 0 Å². The number of aliphatic hydroxyl groups is 2. The summed E-state index contributed by atoms with van der Waals surface area (Å²) in [4.78, 5) is 109. The number of carbonyl (C=O) groups excluding carboxylic acids is 4. The molecule has 2 aromatic rings. The predicted molar refractivity (Wildman–Crippen MR) is 229 cm³/mol. The minimum Gasteiger partial charge on any atom is -0.790 e. The summed E-state index contributed by atoms with van der Waals surface area (Å²) in [6.07, 6.45) is 6.53. The summed E-state index contributed by atoms with van der Waals surface area (Å²) in [6, 6.07) is 0. The van der Waals surface area contributed by atoms with Crippen LogP contribution in [-0.2, 0) is 55.5 Å². The Morgan fingerprint density at radius 2 is 1.62 bits per heavy atom. The standard InChI is InChI=1S/C37H62N7O18P3S/c1-4-5-6-7-8-9-10-11-12-13-14-15-25(45)20-28(47)66-19-18-39-27(46)16-17-40-35(50)32(49)37(2,3)22-59-65(56,57)62-64(54,55)58-21-26-31(61-63(51,52)53)30(48)36(60-26)44-24-43-29-33(38)41-23-42-34(29)44/h12-13,23-24,26,30-32,36,48-49H,4-11,14-22H2,1-3H3,(H,39,46)(H,40,50)(H,54,55)(H,56,57)(H2,38,41,42)(H2,51,52,53)/p-4/b13-12-/t26-,30-,31-,32+,36-/m1/s1. The van der Waals surface area contributed by atoms with E-state index in [1.807, 2.05) is 6.08 Å². The van der Waals surface area contributed by atoms with Crippen molar-refractivity contribution >= 4 is 74.9 Å². The Balaban J connectivity index is 1.35. The number of nitrogens with one attached hydrogen (secondary N) is 2. The van der Waals surface area contributed by atoms with Crippen molar-refractivity contribution in [1.29, 1.82) is 0 Å². The number of phosphoric ester groups is 3. The van der Waals surface area contributed by atoms with Crippen LogP contribution in [0.4, 0.5) is 5.82 Å². The third-order valence-corrected chi connectivity index (χ3v) is 13.7. The number of Topliss-reactive ketones (excluding diaryl/α,β-unsaturated/α-hetero) is 1. The molecular weight excluding hydrogens is 955 g/mol. The number of hydrogen-bond donors (Lipinski definition) is 5. The van der Waals surface area contributed by atoms with E-state index in [-0.39, 0.29) is 66.0 Å². The van der Waals surface area contributed by atoms with E-state index in [0.29, 0.717) is 6.42 Å². The van der Waals surface area contributed by atoms with Crippen molar-refractivity contribution in [3.63, 3.8) is 0 Å². The molecule has 25 nitrogen and oxygen atoms in total. The van der Waals surface area contributed by atoms with Crippen LogP contribution in [0.25, 0.3) is 11.2 Å². The van der Waals surface area contributed by atoms with Crippen LogP contribution in [0, 0.1) is 5.41 Å². The molecule has 0 spiro atoms. The lowest BCUT2D eigenvalue weighted by molar-refractivity contribution is -0.347. The molecule has 3 heterocycles. The number of thioether (sulfide) groups is 1. The zero-order valence-corrected chi connectivity index (χ0v) is 40.3. The molecule has 66 heavy (non-hydrogen) atoms. The molecule has 1 fully saturated rings. The fraction of sp³-hybridized carbons (Fsp3) is 0.703. The van der Waals surface area contributed by atoms with Gasteiger partial charge in [-0.05, 0) is 19.3 Å². The van der Waals surface area contributed by atoms with Gasteiger partial charge in [-0.2, -0.15) is 0 Å². The van der Waals surface area contributed by atoms with Gasteiger partial charge in [-0.3, -0.25) is 32.9 Å². The quantitative estimate of drug-likeness (QED) is 0.0289. The molecule has 0 bridgehead atoms. The second kappa shape index (κ2) is 27.2. The number of nitrogens with two attached hydrogens (primary N) is 1. The molecule has 0 aliphatic carbocycles. The summed E-state index contributed by atoms with van der Waals surface area (Å²) >= 11 is 0.908. The number of phosphoric acid groups is 3. The van der Waals surface area contributed by atoms with Gasteiger partial charge in [0.15, 0.2) is 22.8 Å². The number of unbranched alkanes of at least 4 members (excludes halogenated alkanes) is 7. The van der Waals surface area contributed by atoms with Crippen molar-refractivity contribution in [3.05, 3.63) is 24.8 Å². The number of imidazole rings is 1. The molecule has 2 amide bonds. The van der Waals surface area contributed by atoms with E-state index in [1.165, 1.54) is 52.4 Å². The summed E-state index contributed by atoms with van der Waals surface area (Å²) in [5.74, 6) is -1.59. The molecule has 1 saturated heterocycles. The number of aromatic nitrogens is 4. The van der Waals surface area contributed by atoms with Gasteiger partial charge in [-0.15, -0.1) is 0 Å². The Morgan fingerprint density at radius 3 is 2.32 bits per heavy atom. The minimum absolute atomic E-state index is 0.0268. The number of ketones is 1. The molecule has 0 saturated carbocycles. The Bertz CT molecular complexity index is 2090. The summed E-state index contributed by atoms with van der Waals surface area (Å²) in [5.41, 5.74) is 4.04. The monoisotopic (exact) mass is 1010 g/mol. The zero-order chi connectivity index (χ0) is 49.1. The first-order valence-corrected chi connectivity index (χ1v) is 26.5. The smallest absolute Gasteiger partial charge is 0.274 e. The van der Waals surface area contributed by atoms with E-state index in [9.17, 15) is 62.7 Å². The van der Waals surface area contributed by atoms with Crippen LogP contribution in [0.5, 0.6) is 0 Å². The SMILES string of the molecule is CCCCCCCCC/C=C\CCC(=O)CC(=O)SCCNC(=O)CCNC(=O)[C@H](O)C(C)(C)COP(=O)([O-])OP(=O)([O-])OC[C@H]1O[C@@H](n2cnc3c(N)ncnc32)[C@H](O)[C@@H]1OP(=O)([O-])[O-]. The fourth-order valence-corrected chi connectivity index (χ4v) is 9.70.